The third-order valence-electron chi connectivity index (χ3n) is 6.18. The van der Waals surface area contributed by atoms with Gasteiger partial charge in [0.1, 0.15) is 0 Å². The van der Waals surface area contributed by atoms with Crippen LogP contribution >= 0.6 is 0 Å². The average molecular weight is 485 g/mol. The molecule has 186 valence electrons. The van der Waals surface area contributed by atoms with E-state index in [1.807, 2.05) is 53.4 Å². The van der Waals surface area contributed by atoms with Crippen molar-refractivity contribution in [2.75, 3.05) is 30.3 Å². The molecule has 7 heteroatoms. The first-order valence-electron chi connectivity index (χ1n) is 12.4. The van der Waals surface area contributed by atoms with E-state index in [2.05, 4.69) is 16.0 Å². The summed E-state index contributed by atoms with van der Waals surface area (Å²) >= 11 is 0. The summed E-state index contributed by atoms with van der Waals surface area (Å²) < 4.78 is 0. The van der Waals surface area contributed by atoms with Crippen molar-refractivity contribution in [3.63, 3.8) is 0 Å². The minimum absolute atomic E-state index is 0.0397. The van der Waals surface area contributed by atoms with Gasteiger partial charge >= 0.3 is 0 Å². The van der Waals surface area contributed by atoms with E-state index in [9.17, 15) is 14.4 Å². The molecule has 3 aromatic carbocycles. The number of amides is 3. The Morgan fingerprint density at radius 1 is 0.722 bits per heavy atom. The fraction of sp³-hybridized carbons (Fsp3) is 0.276. The highest BCUT2D eigenvalue weighted by atomic mass is 16.2. The number of carbonyl (C=O) groups is 3. The molecule has 7 nitrogen and oxygen atoms in total. The number of anilines is 2. The summed E-state index contributed by atoms with van der Waals surface area (Å²) in [6.45, 7) is 2.11. The van der Waals surface area contributed by atoms with Crippen LogP contribution in [0.25, 0.3) is 0 Å². The predicted molar refractivity (Wildman–Crippen MR) is 142 cm³/mol. The van der Waals surface area contributed by atoms with Crippen LogP contribution in [0.1, 0.15) is 52.0 Å². The fourth-order valence-corrected chi connectivity index (χ4v) is 4.19. The Kier molecular flexibility index (Phi) is 8.70. The number of hydrogen-bond acceptors (Lipinski definition) is 4. The Morgan fingerprint density at radius 3 is 2.17 bits per heavy atom. The van der Waals surface area contributed by atoms with Gasteiger partial charge in [-0.3, -0.25) is 14.4 Å². The predicted octanol–water partition coefficient (Wildman–Crippen LogP) is 4.68. The third-order valence-corrected chi connectivity index (χ3v) is 6.18. The van der Waals surface area contributed by atoms with Crippen molar-refractivity contribution in [3.8, 4) is 0 Å². The van der Waals surface area contributed by atoms with Crippen molar-refractivity contribution in [2.45, 2.75) is 32.2 Å². The second kappa shape index (κ2) is 12.5. The van der Waals surface area contributed by atoms with Crippen LogP contribution in [0.2, 0.25) is 0 Å². The summed E-state index contributed by atoms with van der Waals surface area (Å²) in [7, 11) is 0. The SMILES string of the molecule is O=C(CNc1cccc(C(=O)N2CCCCCC2)c1)Nc1ccc(C(=O)NCc2ccccc2)cc1. The molecule has 3 amide bonds. The van der Waals surface area contributed by atoms with Crippen LogP contribution in [0.15, 0.2) is 78.9 Å². The molecule has 3 N–H and O–H groups in total. The molecule has 1 aliphatic heterocycles. The zero-order valence-corrected chi connectivity index (χ0v) is 20.3. The fourth-order valence-electron chi connectivity index (χ4n) is 4.19. The smallest absolute Gasteiger partial charge is 0.253 e. The second-order valence-electron chi connectivity index (χ2n) is 8.93. The molecule has 0 atom stereocenters. The van der Waals surface area contributed by atoms with Gasteiger partial charge in [-0.25, -0.2) is 0 Å². The first-order chi connectivity index (χ1) is 17.6. The standard InChI is InChI=1S/C29H32N4O3/c34-27(21-30-26-12-8-11-24(19-26)29(36)33-17-6-1-2-7-18-33)32-25-15-13-23(14-16-25)28(35)31-20-22-9-4-3-5-10-22/h3-5,8-16,19,30H,1-2,6-7,17-18,20-21H2,(H,31,35)(H,32,34). The van der Waals surface area contributed by atoms with Crippen molar-refractivity contribution in [3.05, 3.63) is 95.6 Å². The highest BCUT2D eigenvalue weighted by Crippen LogP contribution is 2.17. The van der Waals surface area contributed by atoms with Gasteiger partial charge < -0.3 is 20.9 Å². The highest BCUT2D eigenvalue weighted by molar-refractivity contribution is 5.97. The lowest BCUT2D eigenvalue weighted by Gasteiger charge is -2.20. The minimum atomic E-state index is -0.222. The van der Waals surface area contributed by atoms with Crippen LogP contribution in [0.5, 0.6) is 0 Å². The summed E-state index contributed by atoms with van der Waals surface area (Å²) in [6.07, 6.45) is 4.43. The van der Waals surface area contributed by atoms with Crippen molar-refractivity contribution in [2.24, 2.45) is 0 Å². The summed E-state index contributed by atoms with van der Waals surface area (Å²) in [4.78, 5) is 39.6. The lowest BCUT2D eigenvalue weighted by molar-refractivity contribution is -0.114. The van der Waals surface area contributed by atoms with Gasteiger partial charge in [-0.1, -0.05) is 49.2 Å². The number of hydrogen-bond donors (Lipinski definition) is 3. The van der Waals surface area contributed by atoms with Gasteiger partial charge in [0, 0.05) is 42.1 Å². The molecule has 0 radical (unpaired) electrons. The van der Waals surface area contributed by atoms with Gasteiger partial charge in [-0.15, -0.1) is 0 Å². The molecule has 0 spiro atoms. The first kappa shape index (κ1) is 25.0. The lowest BCUT2D eigenvalue weighted by Crippen LogP contribution is -2.31. The number of benzene rings is 3. The highest BCUT2D eigenvalue weighted by Gasteiger charge is 2.17. The Bertz CT molecular complexity index is 1170. The minimum Gasteiger partial charge on any atom is -0.376 e. The van der Waals surface area contributed by atoms with Crippen LogP contribution in [0, 0.1) is 0 Å². The van der Waals surface area contributed by atoms with Gasteiger partial charge in [0.05, 0.1) is 6.54 Å². The molecular formula is C29H32N4O3. The Hall–Kier alpha value is -4.13. The molecule has 0 saturated carbocycles. The topological polar surface area (TPSA) is 90.5 Å². The average Bonchev–Trinajstić information content (AvgIpc) is 3.21. The van der Waals surface area contributed by atoms with Crippen LogP contribution in [-0.4, -0.2) is 42.3 Å². The zero-order valence-electron chi connectivity index (χ0n) is 20.3. The molecule has 0 aliphatic carbocycles. The Balaban J connectivity index is 1.25. The first-order valence-corrected chi connectivity index (χ1v) is 12.4. The number of nitrogens with zero attached hydrogens (tertiary/aromatic N) is 1. The molecule has 0 bridgehead atoms. The number of nitrogens with one attached hydrogen (secondary N) is 3. The van der Waals surface area contributed by atoms with E-state index in [0.29, 0.717) is 23.4 Å². The van der Waals surface area contributed by atoms with Gasteiger partial charge in [0.25, 0.3) is 11.8 Å². The van der Waals surface area contributed by atoms with Crippen LogP contribution < -0.4 is 16.0 Å². The van der Waals surface area contributed by atoms with E-state index in [1.54, 1.807) is 30.3 Å². The maximum atomic E-state index is 12.9. The normalized spacial score (nSPS) is 13.4. The summed E-state index contributed by atoms with van der Waals surface area (Å²) in [6, 6.07) is 23.8. The molecule has 0 unspecified atom stereocenters. The zero-order chi connectivity index (χ0) is 25.2. The van der Waals surface area contributed by atoms with E-state index >= 15 is 0 Å². The van der Waals surface area contributed by atoms with Crippen LogP contribution in [-0.2, 0) is 11.3 Å². The number of likely N-dealkylation sites (tertiary alicyclic amines) is 1. The van der Waals surface area contributed by atoms with Crippen molar-refractivity contribution < 1.29 is 14.4 Å². The number of rotatable bonds is 8. The maximum Gasteiger partial charge on any atom is 0.253 e. The van der Waals surface area contributed by atoms with Crippen LogP contribution in [0.3, 0.4) is 0 Å². The summed E-state index contributed by atoms with van der Waals surface area (Å²) in [5.41, 5.74) is 3.50. The largest absolute Gasteiger partial charge is 0.376 e. The molecule has 0 aromatic heterocycles. The van der Waals surface area contributed by atoms with E-state index in [1.165, 1.54) is 12.8 Å². The van der Waals surface area contributed by atoms with E-state index in [0.717, 1.165) is 37.2 Å². The van der Waals surface area contributed by atoms with E-state index < -0.39 is 0 Å². The van der Waals surface area contributed by atoms with Gasteiger partial charge in [0.15, 0.2) is 0 Å². The summed E-state index contributed by atoms with van der Waals surface area (Å²) in [5.74, 6) is -0.355. The molecule has 1 aliphatic rings. The molecule has 36 heavy (non-hydrogen) atoms. The molecule has 1 heterocycles. The Morgan fingerprint density at radius 2 is 1.44 bits per heavy atom. The molecular weight excluding hydrogens is 452 g/mol. The van der Waals surface area contributed by atoms with E-state index in [-0.39, 0.29) is 24.3 Å². The Labute approximate surface area is 211 Å². The second-order valence-corrected chi connectivity index (χ2v) is 8.93. The monoisotopic (exact) mass is 484 g/mol. The van der Waals surface area contributed by atoms with Crippen molar-refractivity contribution in [1.29, 1.82) is 0 Å². The van der Waals surface area contributed by atoms with Crippen LogP contribution in [0.4, 0.5) is 11.4 Å². The van der Waals surface area contributed by atoms with E-state index in [4.69, 9.17) is 0 Å². The number of carbonyl (C=O) groups excluding carboxylic acids is 3. The molecule has 1 saturated heterocycles. The van der Waals surface area contributed by atoms with Gasteiger partial charge in [-0.2, -0.15) is 0 Å². The molecule has 4 rings (SSSR count). The van der Waals surface area contributed by atoms with Crippen molar-refractivity contribution in [1.82, 2.24) is 10.2 Å². The van der Waals surface area contributed by atoms with Gasteiger partial charge in [0.2, 0.25) is 5.91 Å². The molecule has 1 fully saturated rings. The molecule has 3 aromatic rings. The van der Waals surface area contributed by atoms with Crippen molar-refractivity contribution >= 4 is 29.1 Å². The quantitative estimate of drug-likeness (QED) is 0.433. The summed E-state index contributed by atoms with van der Waals surface area (Å²) in [5, 5.41) is 8.80. The third kappa shape index (κ3) is 7.18. The maximum absolute atomic E-state index is 12.9. The lowest BCUT2D eigenvalue weighted by atomic mass is 10.1. The van der Waals surface area contributed by atoms with Gasteiger partial charge in [-0.05, 0) is 60.9 Å².